The van der Waals surface area contributed by atoms with E-state index in [2.05, 4.69) is 14.6 Å². The van der Waals surface area contributed by atoms with Crippen molar-refractivity contribution in [3.05, 3.63) is 30.6 Å². The lowest BCUT2D eigenvalue weighted by molar-refractivity contribution is -0.274. The third-order valence-electron chi connectivity index (χ3n) is 2.88. The predicted octanol–water partition coefficient (Wildman–Crippen LogP) is 3.35. The number of hydrogen-bond acceptors (Lipinski definition) is 4. The standard InChI is InChI=1S/C14H13F6N3O2/c15-13(16,17)8-24-12-5-10(25-14(18,19)20)1-2-11(12)9-6-22-23(7-9)4-3-21/h1-2,5-7H,3-4,8,21H2. The zero-order valence-corrected chi connectivity index (χ0v) is 12.6. The van der Waals surface area contributed by atoms with Crippen molar-refractivity contribution in [1.82, 2.24) is 9.78 Å². The highest BCUT2D eigenvalue weighted by molar-refractivity contribution is 5.70. The van der Waals surface area contributed by atoms with Crippen LogP contribution in [0.2, 0.25) is 0 Å². The van der Waals surface area contributed by atoms with Crippen molar-refractivity contribution >= 4 is 0 Å². The molecule has 0 radical (unpaired) electrons. The molecule has 5 nitrogen and oxygen atoms in total. The van der Waals surface area contributed by atoms with Crippen LogP contribution in [-0.4, -0.2) is 35.5 Å². The van der Waals surface area contributed by atoms with Crippen molar-refractivity contribution in [2.24, 2.45) is 5.73 Å². The first kappa shape index (κ1) is 18.9. The molecular formula is C14H13F6N3O2. The van der Waals surface area contributed by atoms with Gasteiger partial charge in [-0.25, -0.2) is 0 Å². The third kappa shape index (κ3) is 5.85. The highest BCUT2D eigenvalue weighted by Gasteiger charge is 2.32. The lowest BCUT2D eigenvalue weighted by atomic mass is 10.1. The maximum Gasteiger partial charge on any atom is 0.573 e. The molecule has 0 saturated carbocycles. The summed E-state index contributed by atoms with van der Waals surface area (Å²) in [6.45, 7) is -1.00. The van der Waals surface area contributed by atoms with Crippen LogP contribution < -0.4 is 15.2 Å². The molecule has 0 bridgehead atoms. The molecule has 0 aliphatic heterocycles. The van der Waals surface area contributed by atoms with Crippen molar-refractivity contribution in [3.8, 4) is 22.6 Å². The maximum absolute atomic E-state index is 12.4. The molecule has 2 aromatic rings. The smallest absolute Gasteiger partial charge is 0.483 e. The summed E-state index contributed by atoms with van der Waals surface area (Å²) in [6, 6.07) is 2.88. The fraction of sp³-hybridized carbons (Fsp3) is 0.357. The monoisotopic (exact) mass is 369 g/mol. The summed E-state index contributed by atoms with van der Waals surface area (Å²) in [7, 11) is 0. The Labute approximate surface area is 137 Å². The van der Waals surface area contributed by atoms with Crippen molar-refractivity contribution in [2.75, 3.05) is 13.2 Å². The molecule has 0 fully saturated rings. The fourth-order valence-electron chi connectivity index (χ4n) is 1.97. The first-order valence-electron chi connectivity index (χ1n) is 6.89. The summed E-state index contributed by atoms with van der Waals surface area (Å²) < 4.78 is 83.8. The third-order valence-corrected chi connectivity index (χ3v) is 2.88. The van der Waals surface area contributed by atoms with Gasteiger partial charge >= 0.3 is 12.5 Å². The summed E-state index contributed by atoms with van der Waals surface area (Å²) in [6.07, 6.45) is -6.79. The number of benzene rings is 1. The summed E-state index contributed by atoms with van der Waals surface area (Å²) in [5, 5.41) is 3.96. The van der Waals surface area contributed by atoms with E-state index >= 15 is 0 Å². The minimum Gasteiger partial charge on any atom is -0.483 e. The van der Waals surface area contributed by atoms with E-state index in [4.69, 9.17) is 5.73 Å². The molecule has 2 N–H and O–H groups in total. The van der Waals surface area contributed by atoms with Gasteiger partial charge in [0.2, 0.25) is 0 Å². The summed E-state index contributed by atoms with van der Waals surface area (Å²) >= 11 is 0. The zero-order chi connectivity index (χ0) is 18.7. The number of ether oxygens (including phenoxy) is 2. The van der Waals surface area contributed by atoms with Crippen LogP contribution in [0.1, 0.15) is 0 Å². The van der Waals surface area contributed by atoms with Gasteiger partial charge in [-0.1, -0.05) is 0 Å². The van der Waals surface area contributed by atoms with Crippen LogP contribution in [-0.2, 0) is 6.54 Å². The summed E-state index contributed by atoms with van der Waals surface area (Å²) in [5.41, 5.74) is 5.88. The molecule has 138 valence electrons. The van der Waals surface area contributed by atoms with E-state index in [1.807, 2.05) is 0 Å². The number of aromatic nitrogens is 2. The molecule has 25 heavy (non-hydrogen) atoms. The first-order chi connectivity index (χ1) is 11.6. The van der Waals surface area contributed by atoms with Crippen molar-refractivity contribution in [2.45, 2.75) is 19.1 Å². The van der Waals surface area contributed by atoms with Crippen LogP contribution in [0.4, 0.5) is 26.3 Å². The highest BCUT2D eigenvalue weighted by Crippen LogP contribution is 2.36. The average Bonchev–Trinajstić information content (AvgIpc) is 2.91. The van der Waals surface area contributed by atoms with E-state index in [-0.39, 0.29) is 12.1 Å². The second kappa shape index (κ2) is 7.21. The Hall–Kier alpha value is -2.43. The molecule has 1 aromatic carbocycles. The van der Waals surface area contributed by atoms with Gasteiger partial charge in [0.1, 0.15) is 11.5 Å². The Morgan fingerprint density at radius 2 is 1.84 bits per heavy atom. The number of alkyl halides is 6. The SMILES string of the molecule is NCCn1cc(-c2ccc(OC(F)(F)F)cc2OCC(F)(F)F)cn1. The van der Waals surface area contributed by atoms with Crippen LogP contribution in [0.15, 0.2) is 30.6 Å². The van der Waals surface area contributed by atoms with Crippen LogP contribution in [0, 0.1) is 0 Å². The number of halogens is 6. The van der Waals surface area contributed by atoms with Gasteiger partial charge in [-0.15, -0.1) is 13.2 Å². The fourth-order valence-corrected chi connectivity index (χ4v) is 1.97. The minimum atomic E-state index is -4.98. The van der Waals surface area contributed by atoms with Gasteiger partial charge in [-0.05, 0) is 12.1 Å². The largest absolute Gasteiger partial charge is 0.573 e. The Morgan fingerprint density at radius 3 is 2.44 bits per heavy atom. The second-order valence-corrected chi connectivity index (χ2v) is 4.89. The molecule has 0 aliphatic rings. The van der Waals surface area contributed by atoms with Gasteiger partial charge in [0.25, 0.3) is 0 Å². The van der Waals surface area contributed by atoms with Gasteiger partial charge in [0, 0.05) is 29.9 Å². The molecule has 11 heteroatoms. The number of hydrogen-bond donors (Lipinski definition) is 1. The molecule has 0 unspecified atom stereocenters. The quantitative estimate of drug-likeness (QED) is 0.794. The summed E-state index contributed by atoms with van der Waals surface area (Å²) in [5.74, 6) is -1.10. The van der Waals surface area contributed by atoms with Crippen LogP contribution >= 0.6 is 0 Å². The molecule has 0 spiro atoms. The predicted molar refractivity (Wildman–Crippen MR) is 75.0 cm³/mol. The molecule has 2 rings (SSSR count). The zero-order valence-electron chi connectivity index (χ0n) is 12.6. The lowest BCUT2D eigenvalue weighted by Crippen LogP contribution is -2.20. The average molecular weight is 369 g/mol. The second-order valence-electron chi connectivity index (χ2n) is 4.89. The number of nitrogens with two attached hydrogens (primary N) is 1. The van der Waals surface area contributed by atoms with Crippen LogP contribution in [0.25, 0.3) is 11.1 Å². The lowest BCUT2D eigenvalue weighted by Gasteiger charge is -2.15. The first-order valence-corrected chi connectivity index (χ1v) is 6.89. The molecular weight excluding hydrogens is 356 g/mol. The van der Waals surface area contributed by atoms with Gasteiger partial charge in [-0.2, -0.15) is 18.3 Å². The van der Waals surface area contributed by atoms with Crippen LogP contribution in [0.5, 0.6) is 11.5 Å². The maximum atomic E-state index is 12.4. The normalized spacial score (nSPS) is 12.3. The molecule has 1 aromatic heterocycles. The van der Waals surface area contributed by atoms with E-state index in [0.29, 0.717) is 12.1 Å². The van der Waals surface area contributed by atoms with Gasteiger partial charge < -0.3 is 15.2 Å². The van der Waals surface area contributed by atoms with E-state index in [1.165, 1.54) is 17.1 Å². The van der Waals surface area contributed by atoms with E-state index in [9.17, 15) is 26.3 Å². The highest BCUT2D eigenvalue weighted by atomic mass is 19.4. The van der Waals surface area contributed by atoms with E-state index in [0.717, 1.165) is 18.2 Å². The molecule has 0 amide bonds. The van der Waals surface area contributed by atoms with Gasteiger partial charge in [0.15, 0.2) is 6.61 Å². The summed E-state index contributed by atoms with van der Waals surface area (Å²) in [4.78, 5) is 0. The van der Waals surface area contributed by atoms with Crippen LogP contribution in [0.3, 0.4) is 0 Å². The molecule has 0 aliphatic carbocycles. The number of nitrogens with zero attached hydrogens (tertiary/aromatic N) is 2. The minimum absolute atomic E-state index is 0.141. The molecule has 0 saturated heterocycles. The Morgan fingerprint density at radius 1 is 1.12 bits per heavy atom. The van der Waals surface area contributed by atoms with Crippen molar-refractivity contribution in [1.29, 1.82) is 0 Å². The van der Waals surface area contributed by atoms with E-state index in [1.54, 1.807) is 0 Å². The van der Waals surface area contributed by atoms with Gasteiger partial charge in [-0.3, -0.25) is 4.68 Å². The number of rotatable bonds is 6. The molecule has 1 heterocycles. The Bertz CT molecular complexity index is 711. The Kier molecular flexibility index (Phi) is 5.45. The van der Waals surface area contributed by atoms with E-state index < -0.39 is 30.6 Å². The molecule has 0 atom stereocenters. The van der Waals surface area contributed by atoms with Crippen molar-refractivity contribution < 1.29 is 35.8 Å². The van der Waals surface area contributed by atoms with Crippen molar-refractivity contribution in [3.63, 3.8) is 0 Å². The van der Waals surface area contributed by atoms with Gasteiger partial charge in [0.05, 0.1) is 12.7 Å². The Balaban J connectivity index is 2.35. The topological polar surface area (TPSA) is 62.3 Å².